The molecule has 0 bridgehead atoms. The van der Waals surface area contributed by atoms with Crippen molar-refractivity contribution in [3.8, 4) is 17.2 Å². The number of carbonyl (C=O) groups is 2. The average molecular weight is 423 g/mol. The van der Waals surface area contributed by atoms with Crippen molar-refractivity contribution in [3.05, 3.63) is 47.5 Å². The Morgan fingerprint density at radius 2 is 1.43 bits per heavy atom. The lowest BCUT2D eigenvalue weighted by molar-refractivity contribution is -0.119. The standard InChI is InChI=1S/C21H23F2NO6/c1-4-27-16-10-13(11-17(28-5-2)20(16)29-6-3)21(26)30-12-18(25)24-19-14(22)8-7-9-15(19)23/h7-11H,4-6,12H2,1-3H3,(H,24,25). The highest BCUT2D eigenvalue weighted by Crippen LogP contribution is 2.39. The zero-order chi connectivity index (χ0) is 22.1. The van der Waals surface area contributed by atoms with Crippen LogP contribution in [0.4, 0.5) is 14.5 Å². The first-order chi connectivity index (χ1) is 14.4. The van der Waals surface area contributed by atoms with Crippen molar-refractivity contribution in [3.63, 3.8) is 0 Å². The number of nitrogens with one attached hydrogen (secondary N) is 1. The number of hydrogen-bond acceptors (Lipinski definition) is 6. The molecule has 2 aromatic carbocycles. The third-order valence-electron chi connectivity index (χ3n) is 3.71. The van der Waals surface area contributed by atoms with Gasteiger partial charge in [0.15, 0.2) is 18.1 Å². The fraction of sp³-hybridized carbons (Fsp3) is 0.333. The number of halogens is 2. The van der Waals surface area contributed by atoms with Gasteiger partial charge in [-0.2, -0.15) is 0 Å². The van der Waals surface area contributed by atoms with E-state index in [9.17, 15) is 18.4 Å². The van der Waals surface area contributed by atoms with E-state index in [0.29, 0.717) is 25.6 Å². The molecule has 30 heavy (non-hydrogen) atoms. The van der Waals surface area contributed by atoms with Gasteiger partial charge in [0.1, 0.15) is 17.3 Å². The molecule has 162 valence electrons. The fourth-order valence-electron chi connectivity index (χ4n) is 2.51. The number of benzene rings is 2. The van der Waals surface area contributed by atoms with Gasteiger partial charge in [0.05, 0.1) is 25.4 Å². The van der Waals surface area contributed by atoms with E-state index >= 15 is 0 Å². The van der Waals surface area contributed by atoms with E-state index in [1.54, 1.807) is 20.8 Å². The molecular formula is C21H23F2NO6. The quantitative estimate of drug-likeness (QED) is 0.583. The van der Waals surface area contributed by atoms with E-state index in [1.807, 2.05) is 5.32 Å². The van der Waals surface area contributed by atoms with Crippen molar-refractivity contribution in [1.82, 2.24) is 0 Å². The average Bonchev–Trinajstić information content (AvgIpc) is 2.71. The van der Waals surface area contributed by atoms with Crippen LogP contribution in [0.5, 0.6) is 17.2 Å². The van der Waals surface area contributed by atoms with Gasteiger partial charge in [-0.3, -0.25) is 4.79 Å². The van der Waals surface area contributed by atoms with E-state index in [-0.39, 0.29) is 17.1 Å². The van der Waals surface area contributed by atoms with E-state index in [2.05, 4.69) is 0 Å². The molecule has 0 aliphatic rings. The van der Waals surface area contributed by atoms with E-state index < -0.39 is 35.8 Å². The van der Waals surface area contributed by atoms with Crippen molar-refractivity contribution >= 4 is 17.6 Å². The summed E-state index contributed by atoms with van der Waals surface area (Å²) in [6.45, 7) is 5.59. The van der Waals surface area contributed by atoms with Crippen molar-refractivity contribution < 1.29 is 37.3 Å². The van der Waals surface area contributed by atoms with Gasteiger partial charge in [-0.05, 0) is 45.0 Å². The third kappa shape index (κ3) is 5.82. The fourth-order valence-corrected chi connectivity index (χ4v) is 2.51. The van der Waals surface area contributed by atoms with Crippen LogP contribution in [0, 0.1) is 11.6 Å². The monoisotopic (exact) mass is 423 g/mol. The molecule has 1 N–H and O–H groups in total. The first kappa shape index (κ1) is 22.9. The summed E-state index contributed by atoms with van der Waals surface area (Å²) in [7, 11) is 0. The van der Waals surface area contributed by atoms with Gasteiger partial charge < -0.3 is 24.3 Å². The smallest absolute Gasteiger partial charge is 0.338 e. The summed E-state index contributed by atoms with van der Waals surface area (Å²) >= 11 is 0. The summed E-state index contributed by atoms with van der Waals surface area (Å²) in [5, 5.41) is 2.04. The minimum atomic E-state index is -0.941. The SMILES string of the molecule is CCOc1cc(C(=O)OCC(=O)Nc2c(F)cccc2F)cc(OCC)c1OCC. The van der Waals surface area contributed by atoms with Crippen LogP contribution in [0.25, 0.3) is 0 Å². The molecule has 0 spiro atoms. The van der Waals surface area contributed by atoms with Crippen LogP contribution in [0.1, 0.15) is 31.1 Å². The first-order valence-electron chi connectivity index (χ1n) is 9.38. The Balaban J connectivity index is 2.14. The van der Waals surface area contributed by atoms with Gasteiger partial charge in [0.25, 0.3) is 5.91 Å². The number of hydrogen-bond donors (Lipinski definition) is 1. The molecule has 1 amide bonds. The highest BCUT2D eigenvalue weighted by atomic mass is 19.1. The van der Waals surface area contributed by atoms with Crippen LogP contribution >= 0.6 is 0 Å². The largest absolute Gasteiger partial charge is 0.490 e. The van der Waals surface area contributed by atoms with Crippen molar-refractivity contribution in [2.75, 3.05) is 31.7 Å². The highest BCUT2D eigenvalue weighted by Gasteiger charge is 2.20. The Labute approximate surface area is 172 Å². The zero-order valence-electron chi connectivity index (χ0n) is 16.9. The number of esters is 1. The Hall–Kier alpha value is -3.36. The van der Waals surface area contributed by atoms with Crippen molar-refractivity contribution in [2.24, 2.45) is 0 Å². The topological polar surface area (TPSA) is 83.1 Å². The normalized spacial score (nSPS) is 10.3. The Morgan fingerprint density at radius 1 is 0.900 bits per heavy atom. The number of amides is 1. The van der Waals surface area contributed by atoms with Crippen LogP contribution in [0.15, 0.2) is 30.3 Å². The first-order valence-corrected chi connectivity index (χ1v) is 9.38. The maximum Gasteiger partial charge on any atom is 0.338 e. The number of rotatable bonds is 10. The number of para-hydroxylation sites is 1. The molecule has 0 atom stereocenters. The number of ether oxygens (including phenoxy) is 4. The van der Waals surface area contributed by atoms with Gasteiger partial charge in [0, 0.05) is 0 Å². The lowest BCUT2D eigenvalue weighted by atomic mass is 10.2. The second kappa shape index (κ2) is 11.0. The molecule has 0 aromatic heterocycles. The zero-order valence-corrected chi connectivity index (χ0v) is 16.9. The van der Waals surface area contributed by atoms with E-state index in [0.717, 1.165) is 18.2 Å². The molecule has 0 heterocycles. The van der Waals surface area contributed by atoms with Gasteiger partial charge in [-0.1, -0.05) is 6.07 Å². The second-order valence-electron chi connectivity index (χ2n) is 5.82. The summed E-state index contributed by atoms with van der Waals surface area (Å²) in [6, 6.07) is 5.98. The maximum absolute atomic E-state index is 13.6. The summed E-state index contributed by atoms with van der Waals surface area (Å²) in [5.74, 6) is -2.69. The summed E-state index contributed by atoms with van der Waals surface area (Å²) in [4.78, 5) is 24.4. The van der Waals surface area contributed by atoms with E-state index in [1.165, 1.54) is 12.1 Å². The molecule has 7 nitrogen and oxygen atoms in total. The second-order valence-corrected chi connectivity index (χ2v) is 5.82. The Bertz CT molecular complexity index is 856. The summed E-state index contributed by atoms with van der Waals surface area (Å²) in [6.07, 6.45) is 0. The van der Waals surface area contributed by atoms with Crippen LogP contribution in [0.2, 0.25) is 0 Å². The summed E-state index contributed by atoms with van der Waals surface area (Å²) in [5.41, 5.74) is -0.549. The van der Waals surface area contributed by atoms with Crippen molar-refractivity contribution in [1.29, 1.82) is 0 Å². The molecule has 0 radical (unpaired) electrons. The van der Waals surface area contributed by atoms with Gasteiger partial charge >= 0.3 is 5.97 Å². The number of anilines is 1. The lowest BCUT2D eigenvalue weighted by Gasteiger charge is -2.16. The molecule has 2 aromatic rings. The minimum Gasteiger partial charge on any atom is -0.490 e. The molecule has 0 aliphatic heterocycles. The summed E-state index contributed by atoms with van der Waals surface area (Å²) < 4.78 is 48.8. The molecule has 9 heteroatoms. The number of carbonyl (C=O) groups excluding carboxylic acids is 2. The van der Waals surface area contributed by atoms with Crippen LogP contribution in [-0.2, 0) is 9.53 Å². The minimum absolute atomic E-state index is 0.0650. The van der Waals surface area contributed by atoms with Crippen molar-refractivity contribution in [2.45, 2.75) is 20.8 Å². The predicted octanol–water partition coefficient (Wildman–Crippen LogP) is 3.96. The molecule has 0 aliphatic carbocycles. The van der Waals surface area contributed by atoms with Crippen LogP contribution in [0.3, 0.4) is 0 Å². The highest BCUT2D eigenvalue weighted by molar-refractivity contribution is 5.96. The molecule has 0 fully saturated rings. The molecular weight excluding hydrogens is 400 g/mol. The van der Waals surface area contributed by atoms with Gasteiger partial charge in [-0.15, -0.1) is 0 Å². The van der Waals surface area contributed by atoms with Crippen LogP contribution in [-0.4, -0.2) is 38.3 Å². The molecule has 2 rings (SSSR count). The molecule has 0 unspecified atom stereocenters. The predicted molar refractivity (Wildman–Crippen MR) is 105 cm³/mol. The van der Waals surface area contributed by atoms with Gasteiger partial charge in [0.2, 0.25) is 5.75 Å². The third-order valence-corrected chi connectivity index (χ3v) is 3.71. The van der Waals surface area contributed by atoms with Crippen LogP contribution < -0.4 is 19.5 Å². The Kier molecular flexibility index (Phi) is 8.40. The maximum atomic E-state index is 13.6. The Morgan fingerprint density at radius 3 is 1.93 bits per heavy atom. The molecule has 0 saturated carbocycles. The molecule has 0 saturated heterocycles. The van der Waals surface area contributed by atoms with Gasteiger partial charge in [-0.25, -0.2) is 13.6 Å². The van der Waals surface area contributed by atoms with E-state index in [4.69, 9.17) is 18.9 Å². The lowest BCUT2D eigenvalue weighted by Crippen LogP contribution is -2.22.